The summed E-state index contributed by atoms with van der Waals surface area (Å²) in [7, 11) is 3.94. The van der Waals surface area contributed by atoms with Crippen LogP contribution in [0.5, 0.6) is 0 Å². The van der Waals surface area contributed by atoms with Crippen LogP contribution in [0.2, 0.25) is 5.15 Å². The molecule has 0 saturated carbocycles. The average Bonchev–Trinajstić information content (AvgIpc) is 2.67. The minimum Gasteiger partial charge on any atom is -0.296 e. The van der Waals surface area contributed by atoms with Crippen LogP contribution in [-0.4, -0.2) is 31.7 Å². The first-order valence-electron chi connectivity index (χ1n) is 5.26. The molecule has 0 radical (unpaired) electrons. The Morgan fingerprint density at radius 3 is 2.65 bits per heavy atom. The van der Waals surface area contributed by atoms with E-state index in [0.717, 1.165) is 18.8 Å². The number of aryl methyl sites for hydroxylation is 1. The highest BCUT2D eigenvalue weighted by Crippen LogP contribution is 2.06. The van der Waals surface area contributed by atoms with Gasteiger partial charge in [-0.25, -0.2) is 4.98 Å². The van der Waals surface area contributed by atoms with Crippen molar-refractivity contribution in [2.75, 3.05) is 7.05 Å². The lowest BCUT2D eigenvalue weighted by atomic mass is 10.3. The molecule has 0 bridgehead atoms. The van der Waals surface area contributed by atoms with Crippen LogP contribution in [0, 0.1) is 0 Å². The third-order valence-corrected chi connectivity index (χ3v) is 2.51. The molecule has 0 aliphatic heterocycles. The molecule has 0 fully saturated rings. The number of hydrogen-bond acceptors (Lipinski definition) is 4. The first-order valence-corrected chi connectivity index (χ1v) is 5.64. The van der Waals surface area contributed by atoms with E-state index in [9.17, 15) is 0 Å². The van der Waals surface area contributed by atoms with E-state index < -0.39 is 0 Å². The largest absolute Gasteiger partial charge is 0.296 e. The van der Waals surface area contributed by atoms with Crippen molar-refractivity contribution in [1.82, 2.24) is 24.6 Å². The van der Waals surface area contributed by atoms with Crippen LogP contribution in [-0.2, 0) is 20.1 Å². The summed E-state index contributed by atoms with van der Waals surface area (Å²) in [5.41, 5.74) is 2.08. The molecule has 17 heavy (non-hydrogen) atoms. The van der Waals surface area contributed by atoms with E-state index in [-0.39, 0.29) is 0 Å². The minimum atomic E-state index is 0.420. The smallest absolute Gasteiger partial charge is 0.147 e. The van der Waals surface area contributed by atoms with Crippen LogP contribution < -0.4 is 0 Å². The summed E-state index contributed by atoms with van der Waals surface area (Å²) < 4.78 is 1.80. The monoisotopic (exact) mass is 251 g/mol. The Morgan fingerprint density at radius 2 is 2.06 bits per heavy atom. The molecule has 2 aromatic rings. The van der Waals surface area contributed by atoms with Crippen LogP contribution in [0.25, 0.3) is 0 Å². The van der Waals surface area contributed by atoms with Crippen LogP contribution in [0.4, 0.5) is 0 Å². The van der Waals surface area contributed by atoms with Crippen molar-refractivity contribution in [3.05, 3.63) is 41.2 Å². The van der Waals surface area contributed by atoms with Crippen molar-refractivity contribution in [2.45, 2.75) is 13.1 Å². The summed E-state index contributed by atoms with van der Waals surface area (Å²) in [4.78, 5) is 10.4. The summed E-state index contributed by atoms with van der Waals surface area (Å²) in [5.74, 6) is 0. The SMILES string of the molecule is CN(Cc1cnn(C)c1)Cc1cnc(Cl)cn1. The van der Waals surface area contributed by atoms with E-state index in [0.29, 0.717) is 5.15 Å². The summed E-state index contributed by atoms with van der Waals surface area (Å²) >= 11 is 5.68. The van der Waals surface area contributed by atoms with Gasteiger partial charge in [-0.3, -0.25) is 14.6 Å². The van der Waals surface area contributed by atoms with Gasteiger partial charge in [0, 0.05) is 31.9 Å². The molecular weight excluding hydrogens is 238 g/mol. The molecule has 0 amide bonds. The van der Waals surface area contributed by atoms with Gasteiger partial charge in [0.25, 0.3) is 0 Å². The molecule has 0 aromatic carbocycles. The van der Waals surface area contributed by atoms with E-state index in [1.807, 2.05) is 26.5 Å². The molecule has 0 unspecified atom stereocenters. The quantitative estimate of drug-likeness (QED) is 0.826. The van der Waals surface area contributed by atoms with Crippen molar-refractivity contribution < 1.29 is 0 Å². The van der Waals surface area contributed by atoms with Crippen molar-refractivity contribution >= 4 is 11.6 Å². The maximum atomic E-state index is 5.68. The molecule has 2 aromatic heterocycles. The number of nitrogens with zero attached hydrogens (tertiary/aromatic N) is 5. The van der Waals surface area contributed by atoms with E-state index in [1.54, 1.807) is 17.1 Å². The molecule has 0 spiro atoms. The van der Waals surface area contributed by atoms with Gasteiger partial charge in [-0.2, -0.15) is 5.10 Å². The Kier molecular flexibility index (Phi) is 3.71. The summed E-state index contributed by atoms with van der Waals surface area (Å²) in [6.45, 7) is 1.57. The van der Waals surface area contributed by atoms with Crippen molar-refractivity contribution in [3.63, 3.8) is 0 Å². The summed E-state index contributed by atoms with van der Waals surface area (Å²) in [5, 5.41) is 4.55. The normalized spacial score (nSPS) is 11.1. The maximum Gasteiger partial charge on any atom is 0.147 e. The van der Waals surface area contributed by atoms with E-state index in [4.69, 9.17) is 11.6 Å². The molecule has 0 aliphatic carbocycles. The minimum absolute atomic E-state index is 0.420. The van der Waals surface area contributed by atoms with Crippen molar-refractivity contribution in [1.29, 1.82) is 0 Å². The van der Waals surface area contributed by atoms with Crippen LogP contribution >= 0.6 is 11.6 Å². The molecule has 0 aliphatic rings. The third kappa shape index (κ3) is 3.51. The molecule has 2 heterocycles. The Morgan fingerprint density at radius 1 is 1.24 bits per heavy atom. The molecule has 5 nitrogen and oxygen atoms in total. The fourth-order valence-electron chi connectivity index (χ4n) is 1.62. The topological polar surface area (TPSA) is 46.8 Å². The Hall–Kier alpha value is -1.46. The van der Waals surface area contributed by atoms with Gasteiger partial charge in [-0.15, -0.1) is 0 Å². The molecule has 90 valence electrons. The molecule has 0 N–H and O–H groups in total. The Bertz CT molecular complexity index is 479. The molecule has 0 saturated heterocycles. The molecule has 6 heteroatoms. The van der Waals surface area contributed by atoms with Crippen molar-refractivity contribution in [3.8, 4) is 0 Å². The van der Waals surface area contributed by atoms with E-state index in [1.165, 1.54) is 5.56 Å². The van der Waals surface area contributed by atoms with Gasteiger partial charge in [-0.1, -0.05) is 11.6 Å². The zero-order valence-electron chi connectivity index (χ0n) is 9.84. The van der Waals surface area contributed by atoms with E-state index >= 15 is 0 Å². The summed E-state index contributed by atoms with van der Waals surface area (Å²) in [6.07, 6.45) is 7.13. The average molecular weight is 252 g/mol. The van der Waals surface area contributed by atoms with Gasteiger partial charge in [0.05, 0.1) is 24.3 Å². The lowest BCUT2D eigenvalue weighted by molar-refractivity contribution is 0.314. The fraction of sp³-hybridized carbons (Fsp3) is 0.364. The number of hydrogen-bond donors (Lipinski definition) is 0. The zero-order valence-corrected chi connectivity index (χ0v) is 10.6. The van der Waals surface area contributed by atoms with Gasteiger partial charge < -0.3 is 0 Å². The second kappa shape index (κ2) is 5.25. The number of rotatable bonds is 4. The maximum absolute atomic E-state index is 5.68. The highest BCUT2D eigenvalue weighted by atomic mass is 35.5. The highest BCUT2D eigenvalue weighted by Gasteiger charge is 2.04. The second-order valence-corrected chi connectivity index (χ2v) is 4.41. The molecule has 0 atom stereocenters. The van der Waals surface area contributed by atoms with Crippen LogP contribution in [0.1, 0.15) is 11.3 Å². The van der Waals surface area contributed by atoms with Crippen LogP contribution in [0.15, 0.2) is 24.8 Å². The first-order chi connectivity index (χ1) is 8.13. The fourth-order valence-corrected chi connectivity index (χ4v) is 1.72. The van der Waals surface area contributed by atoms with Crippen LogP contribution in [0.3, 0.4) is 0 Å². The standard InChI is InChI=1S/C11H14ClN5/c1-16(6-9-3-15-17(2)7-9)8-10-4-14-11(12)5-13-10/h3-5,7H,6,8H2,1-2H3. The molecule has 2 rings (SSSR count). The summed E-state index contributed by atoms with van der Waals surface area (Å²) in [6, 6.07) is 0. The highest BCUT2D eigenvalue weighted by molar-refractivity contribution is 6.29. The number of aromatic nitrogens is 4. The number of halogens is 1. The zero-order chi connectivity index (χ0) is 12.3. The van der Waals surface area contributed by atoms with Gasteiger partial charge in [0.15, 0.2) is 0 Å². The second-order valence-electron chi connectivity index (χ2n) is 4.03. The van der Waals surface area contributed by atoms with Gasteiger partial charge in [-0.05, 0) is 7.05 Å². The van der Waals surface area contributed by atoms with Gasteiger partial charge in [0.2, 0.25) is 0 Å². The first kappa shape index (κ1) is 12.0. The Labute approximate surface area is 105 Å². The lowest BCUT2D eigenvalue weighted by Gasteiger charge is -2.14. The predicted molar refractivity (Wildman–Crippen MR) is 65.4 cm³/mol. The lowest BCUT2D eigenvalue weighted by Crippen LogP contribution is -2.17. The van der Waals surface area contributed by atoms with Gasteiger partial charge in [0.1, 0.15) is 5.15 Å². The molecular formula is C11H14ClN5. The third-order valence-electron chi connectivity index (χ3n) is 2.32. The Balaban J connectivity index is 1.93. The van der Waals surface area contributed by atoms with E-state index in [2.05, 4.69) is 20.0 Å². The van der Waals surface area contributed by atoms with Crippen molar-refractivity contribution in [2.24, 2.45) is 7.05 Å². The predicted octanol–water partition coefficient (Wildman–Crippen LogP) is 1.50. The van der Waals surface area contributed by atoms with Gasteiger partial charge >= 0.3 is 0 Å².